The van der Waals surface area contributed by atoms with Crippen LogP contribution in [-0.2, 0) is 14.3 Å². The van der Waals surface area contributed by atoms with Crippen molar-refractivity contribution in [2.24, 2.45) is 0 Å². The fraction of sp³-hybridized carbons (Fsp3) is 0.200. The second-order valence-electron chi connectivity index (χ2n) is 9.61. The molecule has 1 aliphatic rings. The molecule has 3 aromatic carbocycles. The van der Waals surface area contributed by atoms with Gasteiger partial charge in [-0.15, -0.1) is 0 Å². The number of carbonyl (C=O) groups is 1. The molecule has 0 amide bonds. The van der Waals surface area contributed by atoms with Gasteiger partial charge in [0.05, 0.1) is 6.10 Å². The van der Waals surface area contributed by atoms with Crippen LogP contribution in [0, 0.1) is 0 Å². The summed E-state index contributed by atoms with van der Waals surface area (Å²) >= 11 is 0. The molecule has 1 fully saturated rings. The van der Waals surface area contributed by atoms with Crippen LogP contribution in [0.3, 0.4) is 0 Å². The average Bonchev–Trinajstić information content (AvgIpc) is 2.95. The zero-order valence-corrected chi connectivity index (χ0v) is 21.9. The van der Waals surface area contributed by atoms with Crippen molar-refractivity contribution in [2.75, 3.05) is 0 Å². The van der Waals surface area contributed by atoms with Crippen LogP contribution >= 0.6 is 0 Å². The fourth-order valence-electron chi connectivity index (χ4n) is 4.48. The number of aliphatic hydroxyl groups is 2. The zero-order chi connectivity index (χ0) is 30.1. The summed E-state index contributed by atoms with van der Waals surface area (Å²) in [5.41, 5.74) is -0.177. The predicted molar refractivity (Wildman–Crippen MR) is 147 cm³/mol. The number of fused-ring (bicyclic) bond motifs is 1. The van der Waals surface area contributed by atoms with Gasteiger partial charge in [0, 0.05) is 23.8 Å². The van der Waals surface area contributed by atoms with E-state index < -0.39 is 53.6 Å². The molecule has 6 N–H and O–H groups in total. The van der Waals surface area contributed by atoms with Crippen LogP contribution in [0.5, 0.6) is 28.7 Å². The number of rotatable bonds is 6. The first kappa shape index (κ1) is 28.5. The van der Waals surface area contributed by atoms with E-state index in [1.807, 2.05) is 0 Å². The standard InChI is InChI=1S/C30H26O12/c1-14-27(41-22(35)11-4-15-2-7-17(31)8-3-15)25(37)26(38)30(39-14)42-29-24(36)23-20(34)12-19(33)13-21(23)40-28(29)16-5-9-18(32)10-6-16/h2-14,25-27,30-34,37-38H,1H3/b11-4+/t14-,25-,26+,27-,30-/m1/s1. The van der Waals surface area contributed by atoms with Crippen LogP contribution in [0.1, 0.15) is 12.5 Å². The summed E-state index contributed by atoms with van der Waals surface area (Å²) in [6.45, 7) is 1.46. The molecule has 0 spiro atoms. The summed E-state index contributed by atoms with van der Waals surface area (Å²) in [5.74, 6) is -2.47. The second kappa shape index (κ2) is 11.4. The van der Waals surface area contributed by atoms with Gasteiger partial charge in [0.2, 0.25) is 17.5 Å². The lowest BCUT2D eigenvalue weighted by Crippen LogP contribution is -2.59. The van der Waals surface area contributed by atoms with Gasteiger partial charge in [-0.3, -0.25) is 4.79 Å². The van der Waals surface area contributed by atoms with Gasteiger partial charge in [-0.05, 0) is 55.0 Å². The van der Waals surface area contributed by atoms with Gasteiger partial charge in [-0.1, -0.05) is 12.1 Å². The van der Waals surface area contributed by atoms with Gasteiger partial charge < -0.3 is 49.3 Å². The minimum Gasteiger partial charge on any atom is -0.508 e. The van der Waals surface area contributed by atoms with E-state index in [-0.39, 0.29) is 39.5 Å². The molecule has 1 aromatic heterocycles. The Hall–Kier alpha value is -5.04. The topological polar surface area (TPSA) is 196 Å². The summed E-state index contributed by atoms with van der Waals surface area (Å²) < 4.78 is 22.6. The van der Waals surface area contributed by atoms with Crippen molar-refractivity contribution in [3.63, 3.8) is 0 Å². The van der Waals surface area contributed by atoms with E-state index in [1.165, 1.54) is 49.4 Å². The Morgan fingerprint density at radius 2 is 1.52 bits per heavy atom. The molecule has 5 rings (SSSR count). The lowest BCUT2D eigenvalue weighted by atomic mass is 9.99. The minimum absolute atomic E-state index is 0.0598. The van der Waals surface area contributed by atoms with E-state index in [0.29, 0.717) is 5.56 Å². The molecule has 0 saturated carbocycles. The van der Waals surface area contributed by atoms with E-state index in [2.05, 4.69) is 0 Å². The number of aromatic hydroxyl groups is 4. The summed E-state index contributed by atoms with van der Waals surface area (Å²) in [6, 6.07) is 13.6. The first-order valence-corrected chi connectivity index (χ1v) is 12.7. The normalized spacial score (nSPS) is 22.3. The molecule has 4 aromatic rings. The third-order valence-electron chi connectivity index (χ3n) is 6.62. The molecular formula is C30H26O12. The molecule has 0 aliphatic carbocycles. The lowest BCUT2D eigenvalue weighted by Gasteiger charge is -2.40. The highest BCUT2D eigenvalue weighted by molar-refractivity contribution is 5.88. The third-order valence-corrected chi connectivity index (χ3v) is 6.62. The van der Waals surface area contributed by atoms with Gasteiger partial charge >= 0.3 is 5.97 Å². The highest BCUT2D eigenvalue weighted by atomic mass is 16.7. The molecule has 12 heteroatoms. The van der Waals surface area contributed by atoms with E-state index in [4.69, 9.17) is 18.6 Å². The van der Waals surface area contributed by atoms with Crippen LogP contribution < -0.4 is 10.2 Å². The molecule has 12 nitrogen and oxygen atoms in total. The van der Waals surface area contributed by atoms with E-state index in [9.17, 15) is 40.2 Å². The maximum Gasteiger partial charge on any atom is 0.331 e. The molecular weight excluding hydrogens is 552 g/mol. The van der Waals surface area contributed by atoms with Gasteiger partial charge in [0.25, 0.3) is 0 Å². The summed E-state index contributed by atoms with van der Waals surface area (Å²) in [7, 11) is 0. The monoisotopic (exact) mass is 578 g/mol. The first-order valence-electron chi connectivity index (χ1n) is 12.7. The van der Waals surface area contributed by atoms with Crippen molar-refractivity contribution in [1.29, 1.82) is 0 Å². The molecule has 1 aliphatic heterocycles. The maximum atomic E-state index is 13.5. The summed E-state index contributed by atoms with van der Waals surface area (Å²) in [4.78, 5) is 25.9. The molecule has 0 bridgehead atoms. The number of benzene rings is 3. The smallest absolute Gasteiger partial charge is 0.331 e. The molecule has 42 heavy (non-hydrogen) atoms. The van der Waals surface area contributed by atoms with Crippen LogP contribution in [0.25, 0.3) is 28.4 Å². The number of aliphatic hydroxyl groups excluding tert-OH is 2. The molecule has 5 atom stereocenters. The Morgan fingerprint density at radius 3 is 2.19 bits per heavy atom. The van der Waals surface area contributed by atoms with Gasteiger partial charge in [0.1, 0.15) is 46.2 Å². The molecule has 2 heterocycles. The van der Waals surface area contributed by atoms with E-state index >= 15 is 0 Å². The largest absolute Gasteiger partial charge is 0.508 e. The first-order chi connectivity index (χ1) is 20.0. The molecule has 0 radical (unpaired) electrons. The predicted octanol–water partition coefficient (Wildman–Crippen LogP) is 2.75. The van der Waals surface area contributed by atoms with Crippen molar-refractivity contribution in [3.8, 4) is 40.1 Å². The Kier molecular flexibility index (Phi) is 7.77. The van der Waals surface area contributed by atoms with Crippen molar-refractivity contribution in [1.82, 2.24) is 0 Å². The van der Waals surface area contributed by atoms with Crippen molar-refractivity contribution < 1.29 is 54.1 Å². The molecule has 1 saturated heterocycles. The summed E-state index contributed by atoms with van der Waals surface area (Å²) in [5, 5.41) is 60.7. The minimum atomic E-state index is -1.81. The zero-order valence-electron chi connectivity index (χ0n) is 21.9. The number of phenols is 4. The number of ether oxygens (including phenoxy) is 3. The number of carbonyl (C=O) groups excluding carboxylic acids is 1. The quantitative estimate of drug-likeness (QED) is 0.145. The Bertz CT molecular complexity index is 1690. The van der Waals surface area contributed by atoms with Gasteiger partial charge in [-0.25, -0.2) is 4.79 Å². The lowest BCUT2D eigenvalue weighted by molar-refractivity contribution is -0.271. The van der Waals surface area contributed by atoms with Crippen LogP contribution in [0.4, 0.5) is 0 Å². The van der Waals surface area contributed by atoms with Crippen LogP contribution in [-0.4, -0.2) is 67.3 Å². The third kappa shape index (κ3) is 5.72. The Morgan fingerprint density at radius 1 is 0.881 bits per heavy atom. The number of hydrogen-bond donors (Lipinski definition) is 6. The molecule has 218 valence electrons. The second-order valence-corrected chi connectivity index (χ2v) is 9.61. The van der Waals surface area contributed by atoms with Crippen molar-refractivity contribution in [2.45, 2.75) is 37.6 Å². The van der Waals surface area contributed by atoms with Crippen LogP contribution in [0.2, 0.25) is 0 Å². The highest BCUT2D eigenvalue weighted by Crippen LogP contribution is 2.37. The fourth-order valence-corrected chi connectivity index (χ4v) is 4.48. The number of phenolic OH excluding ortho intramolecular Hbond substituents is 4. The highest BCUT2D eigenvalue weighted by Gasteiger charge is 2.46. The number of esters is 1. The van der Waals surface area contributed by atoms with Crippen molar-refractivity contribution >= 4 is 23.0 Å². The average molecular weight is 579 g/mol. The molecule has 0 unspecified atom stereocenters. The summed E-state index contributed by atoms with van der Waals surface area (Å²) in [6.07, 6.45) is -4.94. The SMILES string of the molecule is C[C@H]1O[C@H](Oc2c(-c3ccc(O)cc3)oc3cc(O)cc(O)c3c2=O)[C@@H](O)[C@@H](O)[C@@H]1OC(=O)/C=C/c1ccc(O)cc1. The van der Waals surface area contributed by atoms with E-state index in [0.717, 1.165) is 18.2 Å². The Labute approximate surface area is 237 Å². The maximum absolute atomic E-state index is 13.5. The van der Waals surface area contributed by atoms with Gasteiger partial charge in [-0.2, -0.15) is 0 Å². The van der Waals surface area contributed by atoms with Gasteiger partial charge in [0.15, 0.2) is 11.9 Å². The Balaban J connectivity index is 1.42. The van der Waals surface area contributed by atoms with E-state index in [1.54, 1.807) is 12.1 Å². The number of hydrogen-bond acceptors (Lipinski definition) is 12. The van der Waals surface area contributed by atoms with Crippen LogP contribution in [0.15, 0.2) is 76.0 Å². The van der Waals surface area contributed by atoms with Crippen molar-refractivity contribution in [3.05, 3.63) is 82.5 Å².